The van der Waals surface area contributed by atoms with Gasteiger partial charge in [0.1, 0.15) is 5.75 Å². The number of aromatic nitrogens is 2. The molecule has 1 aromatic heterocycles. The largest absolute Gasteiger partial charge is 0.507 e. The predicted molar refractivity (Wildman–Crippen MR) is 146 cm³/mol. The maximum atomic E-state index is 13.7. The van der Waals surface area contributed by atoms with E-state index in [1.54, 1.807) is 4.57 Å². The third kappa shape index (κ3) is 4.62. The summed E-state index contributed by atoms with van der Waals surface area (Å²) in [6.07, 6.45) is 0. The summed E-state index contributed by atoms with van der Waals surface area (Å²) in [7, 11) is 0. The first-order valence-electron chi connectivity index (χ1n) is 12.5. The molecular formula is C31H37N3O2. The molecule has 5 heteroatoms. The van der Waals surface area contributed by atoms with Crippen LogP contribution in [-0.2, 0) is 17.4 Å². The van der Waals surface area contributed by atoms with Crippen LogP contribution in [0.3, 0.4) is 0 Å². The molecule has 0 saturated heterocycles. The number of para-hydroxylation sites is 2. The highest BCUT2D eigenvalue weighted by atomic mass is 16.3. The Labute approximate surface area is 213 Å². The average molecular weight is 484 g/mol. The molecule has 188 valence electrons. The van der Waals surface area contributed by atoms with Crippen molar-refractivity contribution in [3.05, 3.63) is 94.6 Å². The van der Waals surface area contributed by atoms with Gasteiger partial charge in [0.25, 0.3) is 0 Å². The second-order valence-electron chi connectivity index (χ2n) is 11.7. The van der Waals surface area contributed by atoms with Crippen LogP contribution in [0.25, 0.3) is 11.0 Å². The first-order chi connectivity index (χ1) is 16.8. The standard InChI is InChI=1S/C31H37N3O2/c1-20(21-13-9-8-10-14-21)34-26-16-12-11-15-25(26)33(29(34)32)19-27(35)22-17-23(30(2,3)4)28(36)24(18-22)31(5,6)7/h8-18,20,32,36H,19H2,1-7H3. The number of rotatable bonds is 5. The van der Waals surface area contributed by atoms with Crippen LogP contribution in [0.15, 0.2) is 66.7 Å². The summed E-state index contributed by atoms with van der Waals surface area (Å²) in [5, 5.41) is 20.1. The highest BCUT2D eigenvalue weighted by Crippen LogP contribution is 2.40. The van der Waals surface area contributed by atoms with E-state index in [1.165, 1.54) is 0 Å². The second kappa shape index (κ2) is 9.12. The van der Waals surface area contributed by atoms with Crippen molar-refractivity contribution in [1.29, 1.82) is 5.41 Å². The number of Topliss-reactive ketones (excluding diaryl/α,β-unsaturated/α-hetero) is 1. The number of fused-ring (bicyclic) bond motifs is 1. The summed E-state index contributed by atoms with van der Waals surface area (Å²) >= 11 is 0. The fourth-order valence-corrected chi connectivity index (χ4v) is 4.86. The van der Waals surface area contributed by atoms with Gasteiger partial charge in [0.2, 0.25) is 5.62 Å². The van der Waals surface area contributed by atoms with E-state index >= 15 is 0 Å². The number of carbonyl (C=O) groups excluding carboxylic acids is 1. The molecule has 1 atom stereocenters. The van der Waals surface area contributed by atoms with E-state index in [9.17, 15) is 9.90 Å². The van der Waals surface area contributed by atoms with Crippen molar-refractivity contribution in [2.24, 2.45) is 0 Å². The van der Waals surface area contributed by atoms with Crippen molar-refractivity contribution < 1.29 is 9.90 Å². The van der Waals surface area contributed by atoms with Gasteiger partial charge in [0.05, 0.1) is 23.6 Å². The Kier molecular flexibility index (Phi) is 6.46. The zero-order chi connectivity index (χ0) is 26.4. The molecule has 0 fully saturated rings. The smallest absolute Gasteiger partial charge is 0.204 e. The first-order valence-corrected chi connectivity index (χ1v) is 12.5. The minimum absolute atomic E-state index is 0.0474. The number of ketones is 1. The lowest BCUT2D eigenvalue weighted by atomic mass is 9.78. The summed E-state index contributed by atoms with van der Waals surface area (Å²) in [6, 6.07) is 21.6. The highest BCUT2D eigenvalue weighted by Gasteiger charge is 2.28. The summed E-state index contributed by atoms with van der Waals surface area (Å²) in [5.41, 5.74) is 4.59. The Morgan fingerprint density at radius 3 is 1.89 bits per heavy atom. The monoisotopic (exact) mass is 483 g/mol. The Morgan fingerprint density at radius 2 is 1.36 bits per heavy atom. The van der Waals surface area contributed by atoms with Gasteiger partial charge in [-0.25, -0.2) is 0 Å². The number of phenolic OH excluding ortho intramolecular Hbond substituents is 1. The van der Waals surface area contributed by atoms with Gasteiger partial charge in [-0.05, 0) is 47.6 Å². The van der Waals surface area contributed by atoms with Crippen molar-refractivity contribution in [3.8, 4) is 5.75 Å². The summed E-state index contributed by atoms with van der Waals surface area (Å²) < 4.78 is 3.77. The van der Waals surface area contributed by atoms with E-state index in [1.807, 2.05) is 101 Å². The summed E-state index contributed by atoms with van der Waals surface area (Å²) in [5.74, 6) is 0.174. The van der Waals surface area contributed by atoms with Gasteiger partial charge in [-0.2, -0.15) is 0 Å². The van der Waals surface area contributed by atoms with Crippen LogP contribution in [0.1, 0.15) is 81.6 Å². The van der Waals surface area contributed by atoms with Gasteiger partial charge in [0.15, 0.2) is 5.78 Å². The minimum Gasteiger partial charge on any atom is -0.507 e. The normalized spacial score (nSPS) is 13.2. The Hall–Kier alpha value is -3.60. The molecule has 0 saturated carbocycles. The molecule has 0 spiro atoms. The lowest BCUT2D eigenvalue weighted by molar-refractivity contribution is 0.0971. The summed E-state index contributed by atoms with van der Waals surface area (Å²) in [4.78, 5) is 13.7. The maximum Gasteiger partial charge on any atom is 0.204 e. The van der Waals surface area contributed by atoms with Crippen molar-refractivity contribution in [2.75, 3.05) is 0 Å². The fraction of sp³-hybridized carbons (Fsp3) is 0.355. The molecule has 1 heterocycles. The lowest BCUT2D eigenvalue weighted by Gasteiger charge is -2.28. The molecular weight excluding hydrogens is 446 g/mol. The van der Waals surface area contributed by atoms with E-state index in [2.05, 4.69) is 19.1 Å². The van der Waals surface area contributed by atoms with Crippen molar-refractivity contribution in [1.82, 2.24) is 9.13 Å². The number of hydrogen-bond acceptors (Lipinski definition) is 3. The summed E-state index contributed by atoms with van der Waals surface area (Å²) in [6.45, 7) is 14.4. The highest BCUT2D eigenvalue weighted by molar-refractivity contribution is 5.97. The predicted octanol–water partition coefficient (Wildman–Crippen LogP) is 6.72. The number of nitrogens with zero attached hydrogens (tertiary/aromatic N) is 2. The molecule has 36 heavy (non-hydrogen) atoms. The number of hydrogen-bond donors (Lipinski definition) is 2. The number of benzene rings is 3. The number of phenols is 1. The number of nitrogens with one attached hydrogen (secondary N) is 1. The maximum absolute atomic E-state index is 13.7. The average Bonchev–Trinajstić information content (AvgIpc) is 3.09. The molecule has 0 bridgehead atoms. The Bertz CT molecular complexity index is 1440. The zero-order valence-electron chi connectivity index (χ0n) is 22.4. The minimum atomic E-state index is -0.324. The number of aromatic hydroxyl groups is 1. The van der Waals surface area contributed by atoms with Gasteiger partial charge < -0.3 is 14.2 Å². The first kappa shape index (κ1) is 25.5. The van der Waals surface area contributed by atoms with Crippen LogP contribution in [-0.4, -0.2) is 20.0 Å². The Morgan fingerprint density at radius 1 is 0.861 bits per heavy atom. The van der Waals surface area contributed by atoms with Crippen LogP contribution in [0.2, 0.25) is 0 Å². The van der Waals surface area contributed by atoms with Crippen molar-refractivity contribution in [2.45, 2.75) is 71.9 Å². The second-order valence-corrected chi connectivity index (χ2v) is 11.7. The van der Waals surface area contributed by atoms with Gasteiger partial charge in [0, 0.05) is 16.7 Å². The topological polar surface area (TPSA) is 71.0 Å². The van der Waals surface area contributed by atoms with Crippen LogP contribution < -0.4 is 5.62 Å². The third-order valence-electron chi connectivity index (χ3n) is 6.93. The molecule has 3 aromatic carbocycles. The molecule has 0 aliphatic rings. The van der Waals surface area contributed by atoms with E-state index in [0.717, 1.165) is 27.7 Å². The van der Waals surface area contributed by atoms with E-state index in [0.29, 0.717) is 5.56 Å². The van der Waals surface area contributed by atoms with Crippen molar-refractivity contribution >= 4 is 16.8 Å². The van der Waals surface area contributed by atoms with Crippen LogP contribution in [0.5, 0.6) is 5.75 Å². The van der Waals surface area contributed by atoms with E-state index < -0.39 is 0 Å². The molecule has 0 aliphatic heterocycles. The van der Waals surface area contributed by atoms with Gasteiger partial charge >= 0.3 is 0 Å². The molecule has 2 N–H and O–H groups in total. The number of imidazole rings is 1. The van der Waals surface area contributed by atoms with Gasteiger partial charge in [-0.3, -0.25) is 10.2 Å². The lowest BCUT2D eigenvalue weighted by Crippen LogP contribution is -2.29. The molecule has 0 radical (unpaired) electrons. The van der Waals surface area contributed by atoms with Crippen LogP contribution in [0.4, 0.5) is 0 Å². The van der Waals surface area contributed by atoms with E-state index in [-0.39, 0.29) is 40.6 Å². The third-order valence-corrected chi connectivity index (χ3v) is 6.93. The number of carbonyl (C=O) groups is 1. The molecule has 0 amide bonds. The van der Waals surface area contributed by atoms with Gasteiger partial charge in [-0.15, -0.1) is 0 Å². The molecule has 0 aliphatic carbocycles. The molecule has 4 aromatic rings. The Balaban J connectivity index is 1.83. The molecule has 1 unspecified atom stereocenters. The van der Waals surface area contributed by atoms with Crippen LogP contribution >= 0.6 is 0 Å². The van der Waals surface area contributed by atoms with Crippen molar-refractivity contribution in [3.63, 3.8) is 0 Å². The zero-order valence-corrected chi connectivity index (χ0v) is 22.4. The fourth-order valence-electron chi connectivity index (χ4n) is 4.86. The van der Waals surface area contributed by atoms with E-state index in [4.69, 9.17) is 5.41 Å². The quantitative estimate of drug-likeness (QED) is 0.310. The van der Waals surface area contributed by atoms with Gasteiger partial charge in [-0.1, -0.05) is 84.0 Å². The molecule has 4 rings (SSSR count). The SMILES string of the molecule is CC(c1ccccc1)n1c(=N)n(CC(=O)c2cc(C(C)(C)C)c(O)c(C(C)(C)C)c2)c2ccccc21. The van der Waals surface area contributed by atoms with Crippen LogP contribution in [0, 0.1) is 5.41 Å². The molecule has 5 nitrogen and oxygen atoms in total.